The Morgan fingerprint density at radius 1 is 0.450 bits per heavy atom. The Morgan fingerprint density at radius 3 is 1.25 bits per heavy atom. The van der Waals surface area contributed by atoms with Crippen LogP contribution in [0.5, 0.6) is 0 Å². The molecule has 0 saturated carbocycles. The van der Waals surface area contributed by atoms with Crippen molar-refractivity contribution in [3.63, 3.8) is 0 Å². The van der Waals surface area contributed by atoms with Crippen molar-refractivity contribution in [2.24, 2.45) is 5.73 Å². The molecule has 100 heavy (non-hydrogen) atoms. The number of hydrogen-bond donors (Lipinski definition) is 2. The van der Waals surface area contributed by atoms with Gasteiger partial charge in [0.05, 0.1) is 44.4 Å². The van der Waals surface area contributed by atoms with Crippen molar-refractivity contribution in [1.82, 2.24) is 0 Å². The van der Waals surface area contributed by atoms with Crippen molar-refractivity contribution < 1.29 is 440 Å². The molecule has 1 unspecified atom stereocenters. The first-order valence-electron chi connectivity index (χ1n) is 25.9. The Kier molecular flexibility index (Phi) is 50.0. The fraction of sp³-hybridized carbons (Fsp3) is 0.950. The van der Waals surface area contributed by atoms with Gasteiger partial charge in [-0.2, -0.15) is 0 Å². The normalized spacial score (nSPS) is 36.9. The molecular weight excluding hydrogens is 1590 g/mol. The summed E-state index contributed by atoms with van der Waals surface area (Å²) in [5.41, 5.74) is -0.215. The molecule has 2 bridgehead atoms. The smallest absolute Gasteiger partial charge is 0.726 e. The van der Waals surface area contributed by atoms with Crippen LogP contribution in [0.25, 0.3) is 0 Å². The third kappa shape index (κ3) is 28.7. The van der Waals surface area contributed by atoms with E-state index in [1.165, 1.54) is 6.92 Å². The number of rotatable bonds is 33. The van der Waals surface area contributed by atoms with Crippen LogP contribution in [0.15, 0.2) is 0 Å². The first-order chi connectivity index (χ1) is 42.4. The van der Waals surface area contributed by atoms with Gasteiger partial charge in [0, 0.05) is 42.2 Å². The van der Waals surface area contributed by atoms with Gasteiger partial charge in [-0.3, -0.25) is 25.1 Å². The Labute approximate surface area is 750 Å². The molecule has 0 aliphatic carbocycles. The van der Waals surface area contributed by atoms with Crippen LogP contribution in [-0.4, -0.2) is 316 Å². The van der Waals surface area contributed by atoms with Crippen molar-refractivity contribution in [3.8, 4) is 0 Å². The summed E-state index contributed by atoms with van der Waals surface area (Å²) >= 11 is 0. The SMILES string of the molecule is CCO[C@H]1[C@H](O)[C@@H](N)[C@H](O[C@H]2[C@H](OC)[C@@H](OC)[C@H](O[C@H]3[C@H](OS(=O)(=O)[O-])[C@@H](OS(=O)(=O)[O-])[C@@H](O[C@H]4[C@H](OC)[C@H]5OC[C@]4(C(=O)[O-])OC5O[C@H]4[C@H](OC)[C@@H](OS(=O)(=O)[O-])[C@@H](OC)O[C@@H]4COS(=O)(=O)[O-])O[C@@H]3COS(=O)(=O)[O-])O[C@]2(CC)C(=O)[O-])O[C@@H]1COS(=O)(=O)[O-].[Na+].[Na+].[Na+].[Na+].[Na+].[Na+].[Na+].[Na+]. The number of nitrogens with two attached hydrogens (primary N) is 1. The van der Waals surface area contributed by atoms with Gasteiger partial charge in [0.1, 0.15) is 97.2 Å². The van der Waals surface area contributed by atoms with E-state index in [1.807, 2.05) is 0 Å². The molecule has 7 heterocycles. The molecule has 0 aromatic rings. The molecule has 538 valence electrons. The van der Waals surface area contributed by atoms with Gasteiger partial charge in [0.25, 0.3) is 0 Å². The van der Waals surface area contributed by atoms with Crippen molar-refractivity contribution in [1.29, 1.82) is 0 Å². The van der Waals surface area contributed by atoms with Crippen LogP contribution in [0.1, 0.15) is 20.3 Å². The van der Waals surface area contributed by atoms with E-state index in [4.69, 9.17) is 81.5 Å². The van der Waals surface area contributed by atoms with Crippen LogP contribution < -0.4 is 252 Å². The Morgan fingerprint density at radius 2 is 0.850 bits per heavy atom. The van der Waals surface area contributed by atoms with E-state index in [9.17, 15) is 103 Å². The minimum Gasteiger partial charge on any atom is -0.726 e. The number of aliphatic hydroxyl groups is 1. The van der Waals surface area contributed by atoms with Gasteiger partial charge in [-0.25, -0.2) is 50.5 Å². The second-order valence-corrected chi connectivity index (χ2v) is 26.1. The molecule has 7 aliphatic rings. The third-order valence-corrected chi connectivity index (χ3v) is 17.3. The molecule has 7 saturated heterocycles. The fourth-order valence-corrected chi connectivity index (χ4v) is 13.2. The molecule has 25 atom stereocenters. The summed E-state index contributed by atoms with van der Waals surface area (Å²) in [6.07, 6.45) is -52.1. The van der Waals surface area contributed by atoms with E-state index in [1.54, 1.807) is 0 Å². The van der Waals surface area contributed by atoms with Crippen LogP contribution in [0.2, 0.25) is 0 Å². The van der Waals surface area contributed by atoms with Crippen molar-refractivity contribution >= 4 is 74.3 Å². The number of aliphatic hydroxyl groups excluding tert-OH is 1. The minimum atomic E-state index is -6.47. The molecule has 0 aromatic carbocycles. The van der Waals surface area contributed by atoms with Gasteiger partial charge in [-0.1, -0.05) is 6.92 Å². The zero-order valence-electron chi connectivity index (χ0n) is 56.0. The average molecular weight is 1650 g/mol. The summed E-state index contributed by atoms with van der Waals surface area (Å²) in [6.45, 7) is -3.41. The van der Waals surface area contributed by atoms with Crippen molar-refractivity contribution in [2.75, 3.05) is 68.6 Å². The van der Waals surface area contributed by atoms with Crippen molar-refractivity contribution in [2.45, 2.75) is 173 Å². The molecule has 0 amide bonds. The molecule has 7 rings (SSSR count). The number of aliphatic carboxylic acids is 2. The molecule has 7 aliphatic heterocycles. The van der Waals surface area contributed by atoms with E-state index >= 15 is 0 Å². The third-order valence-electron chi connectivity index (χ3n) is 14.6. The van der Waals surface area contributed by atoms with Crippen LogP contribution in [0, 0.1) is 0 Å². The summed E-state index contributed by atoms with van der Waals surface area (Å²) in [5, 5.41) is 38.3. The summed E-state index contributed by atoms with van der Waals surface area (Å²) in [5.74, 6) is -4.75. The Bertz CT molecular complexity index is 3260. The van der Waals surface area contributed by atoms with Gasteiger partial charge in [0.15, 0.2) is 49.3 Å². The molecule has 0 spiro atoms. The first kappa shape index (κ1) is 110. The number of methoxy groups -OCH3 is 5. The van der Waals surface area contributed by atoms with Crippen LogP contribution in [-0.2, 0) is 173 Å². The predicted molar refractivity (Wildman–Crippen MR) is 261 cm³/mol. The first-order valence-corrected chi connectivity index (χ1v) is 33.9. The number of carboxylic acids is 2. The zero-order valence-corrected chi connectivity index (χ0v) is 76.9. The fourth-order valence-electron chi connectivity index (χ4n) is 10.8. The topological polar surface area (TPSA) is 673 Å². The largest absolute Gasteiger partial charge is 1.00 e. The van der Waals surface area contributed by atoms with Gasteiger partial charge in [0.2, 0.25) is 62.4 Å². The zero-order chi connectivity index (χ0) is 69.2. The van der Waals surface area contributed by atoms with Gasteiger partial charge >= 0.3 is 236 Å². The summed E-state index contributed by atoms with van der Waals surface area (Å²) in [7, 11) is -31.7. The molecule has 46 nitrogen and oxygen atoms in total. The minimum absolute atomic E-state index is 0. The molecule has 7 fully saturated rings. The van der Waals surface area contributed by atoms with Gasteiger partial charge in [-0.05, 0) is 13.3 Å². The van der Waals surface area contributed by atoms with Crippen molar-refractivity contribution in [3.05, 3.63) is 0 Å². The van der Waals surface area contributed by atoms with Gasteiger partial charge < -0.3 is 134 Å². The Balaban J connectivity index is -0.0000118. The summed E-state index contributed by atoms with van der Waals surface area (Å²) in [4.78, 5) is 27.1. The maximum atomic E-state index is 13.5. The second-order valence-electron chi connectivity index (χ2n) is 19.9. The molecule has 3 N–H and O–H groups in total. The average Bonchev–Trinajstić information content (AvgIpc) is 0.558. The van der Waals surface area contributed by atoms with E-state index in [2.05, 4.69) is 25.1 Å². The number of carbonyl (C=O) groups is 2. The second kappa shape index (κ2) is 45.7. The van der Waals surface area contributed by atoms with Gasteiger partial charge in [-0.15, -0.1) is 0 Å². The monoisotopic (exact) mass is 1650 g/mol. The number of carboxylic acid groups (broad SMARTS) is 2. The maximum absolute atomic E-state index is 13.5. The molecule has 60 heteroatoms. The number of ether oxygens (including phenoxy) is 16. The Hall–Kier alpha value is 5.44. The quantitative estimate of drug-likeness (QED) is 0.0350. The maximum Gasteiger partial charge on any atom is 1.00 e. The number of fused-ring (bicyclic) bond motifs is 3. The summed E-state index contributed by atoms with van der Waals surface area (Å²) < 4.78 is 335. The summed E-state index contributed by atoms with van der Waals surface area (Å²) in [6, 6.07) is -1.80. The van der Waals surface area contributed by atoms with E-state index < -0.39 is 260 Å². The standard InChI is InChI=1S/C40H67NO45S6.8Na/c1-8-39(37(43)44)30(80-32-17(41)18(42)19(70-9-2)14(75-32)10-72-87(47,48)49)24(66-4)26(68-6)35(82-39)79-21-16(12-74-89(53,54)55)77-34(29(86-92(62,63)64)23(21)84-90(56,57)58)81-31-25(67-5)27-36(83-40(31,13-71-27)38(45)46)78-20-15(11-73-88(50,51)52)76-33(69-7)28(22(20)65-3)85-91(59,60)61;;;;;;;;/h14-36,42H,8-13,41H2,1-7H3,(H,43,44)(H,45,46)(H,47,48,49)(H,50,51,52)(H,53,54,55)(H,56,57,58)(H,59,60,61)(H,62,63,64);;;;;;;;/q;8*+1/p-8/t14-,15-,16-,17-,18-,19-,20-,21-,22+,23+,24-,25-,26-,27-,28-,29-,30+,31+,32+,33+,34-,35-,36?,39+,40+;;;;;;;;/m1......../s1. The van der Waals surface area contributed by atoms with E-state index in [0.29, 0.717) is 0 Å². The molecule has 0 aromatic heterocycles. The molecule has 0 radical (unpaired) electrons. The predicted octanol–water partition coefficient (Wildman–Crippen LogP) is -36.0. The van der Waals surface area contributed by atoms with E-state index in [0.717, 1.165) is 42.5 Å². The van der Waals surface area contributed by atoms with Crippen LogP contribution in [0.3, 0.4) is 0 Å². The van der Waals surface area contributed by atoms with E-state index in [-0.39, 0.29) is 243 Å². The number of carbonyl (C=O) groups excluding carboxylic acids is 2. The molecular formula is C40H59NNa8O45S6. The number of hydrogen-bond acceptors (Lipinski definition) is 46. The van der Waals surface area contributed by atoms with Crippen LogP contribution in [0.4, 0.5) is 0 Å². The van der Waals surface area contributed by atoms with Crippen LogP contribution >= 0.6 is 0 Å².